The molecule has 1 atom stereocenters. The Morgan fingerprint density at radius 2 is 1.89 bits per heavy atom. The van der Waals surface area contributed by atoms with E-state index in [9.17, 15) is 18.0 Å². The lowest BCUT2D eigenvalue weighted by Gasteiger charge is -2.30. The zero-order valence-corrected chi connectivity index (χ0v) is 11.3. The van der Waals surface area contributed by atoms with Crippen molar-refractivity contribution in [2.75, 3.05) is 6.54 Å². The molecule has 1 rings (SSSR count). The second-order valence-corrected chi connectivity index (χ2v) is 5.43. The molecule has 0 aromatic carbocycles. The van der Waals surface area contributed by atoms with Gasteiger partial charge in [0.15, 0.2) is 0 Å². The third-order valence-corrected chi connectivity index (χ3v) is 3.83. The van der Waals surface area contributed by atoms with Gasteiger partial charge in [0.2, 0.25) is 5.91 Å². The summed E-state index contributed by atoms with van der Waals surface area (Å²) in [6.45, 7) is 2.38. The van der Waals surface area contributed by atoms with Gasteiger partial charge in [0, 0.05) is 12.0 Å². The molecule has 6 heteroatoms. The summed E-state index contributed by atoms with van der Waals surface area (Å²) in [5.41, 5.74) is 5.38. The topological polar surface area (TPSA) is 55.1 Å². The number of halogens is 3. The van der Waals surface area contributed by atoms with E-state index in [0.717, 1.165) is 12.8 Å². The number of nitrogens with two attached hydrogens (primary N) is 1. The normalized spacial score (nSPS) is 25.9. The molecule has 1 unspecified atom stereocenters. The van der Waals surface area contributed by atoms with Gasteiger partial charge in [-0.3, -0.25) is 4.79 Å². The molecular weight excluding hydrogens is 257 g/mol. The summed E-state index contributed by atoms with van der Waals surface area (Å²) in [6, 6.07) is -0.105. The van der Waals surface area contributed by atoms with Crippen LogP contribution in [-0.2, 0) is 4.79 Å². The van der Waals surface area contributed by atoms with Crippen LogP contribution in [0.3, 0.4) is 0 Å². The lowest BCUT2D eigenvalue weighted by molar-refractivity contribution is -0.182. The number of carbonyl (C=O) groups excluding carboxylic acids is 1. The Bertz CT molecular complexity index is 286. The summed E-state index contributed by atoms with van der Waals surface area (Å²) >= 11 is 0. The first-order valence-electron chi connectivity index (χ1n) is 6.91. The van der Waals surface area contributed by atoms with Gasteiger partial charge < -0.3 is 11.1 Å². The summed E-state index contributed by atoms with van der Waals surface area (Å²) in [4.78, 5) is 11.8. The molecule has 3 nitrogen and oxygen atoms in total. The van der Waals surface area contributed by atoms with Crippen LogP contribution >= 0.6 is 0 Å². The van der Waals surface area contributed by atoms with E-state index in [1.165, 1.54) is 0 Å². The molecule has 0 saturated heterocycles. The minimum absolute atomic E-state index is 0.0658. The van der Waals surface area contributed by atoms with Gasteiger partial charge in [0.05, 0.1) is 5.92 Å². The summed E-state index contributed by atoms with van der Waals surface area (Å²) < 4.78 is 37.5. The highest BCUT2D eigenvalue weighted by atomic mass is 19.4. The van der Waals surface area contributed by atoms with Gasteiger partial charge in [0.1, 0.15) is 0 Å². The average molecular weight is 280 g/mol. The number of amides is 1. The lowest BCUT2D eigenvalue weighted by atomic mass is 9.85. The van der Waals surface area contributed by atoms with E-state index in [-0.39, 0.29) is 30.7 Å². The van der Waals surface area contributed by atoms with E-state index in [1.807, 2.05) is 6.92 Å². The first kappa shape index (κ1) is 16.3. The summed E-state index contributed by atoms with van der Waals surface area (Å²) in [5, 5.41) is 2.85. The van der Waals surface area contributed by atoms with Crippen molar-refractivity contribution in [3.05, 3.63) is 0 Å². The number of hydrogen-bond acceptors (Lipinski definition) is 2. The Morgan fingerprint density at radius 1 is 1.32 bits per heavy atom. The van der Waals surface area contributed by atoms with Crippen LogP contribution in [0.15, 0.2) is 0 Å². The second-order valence-electron chi connectivity index (χ2n) is 5.43. The molecule has 112 valence electrons. The quantitative estimate of drug-likeness (QED) is 0.813. The minimum atomic E-state index is -4.09. The van der Waals surface area contributed by atoms with Crippen molar-refractivity contribution < 1.29 is 18.0 Å². The monoisotopic (exact) mass is 280 g/mol. The van der Waals surface area contributed by atoms with Gasteiger partial charge in [0.25, 0.3) is 0 Å². The number of rotatable bonds is 5. The molecule has 1 saturated carbocycles. The summed E-state index contributed by atoms with van der Waals surface area (Å²) in [6.07, 6.45) is -1.52. The molecule has 19 heavy (non-hydrogen) atoms. The van der Waals surface area contributed by atoms with E-state index < -0.39 is 12.1 Å². The summed E-state index contributed by atoms with van der Waals surface area (Å²) in [5.74, 6) is -1.39. The smallest absolute Gasteiger partial charge is 0.353 e. The van der Waals surface area contributed by atoms with Crippen LogP contribution in [0.2, 0.25) is 0 Å². The Balaban J connectivity index is 2.31. The zero-order valence-electron chi connectivity index (χ0n) is 11.3. The number of nitrogens with one attached hydrogen (secondary N) is 1. The fraction of sp³-hybridized carbons (Fsp3) is 0.923. The maximum Gasteiger partial charge on any atom is 0.391 e. The van der Waals surface area contributed by atoms with Crippen molar-refractivity contribution in [2.24, 2.45) is 17.6 Å². The van der Waals surface area contributed by atoms with Crippen molar-refractivity contribution >= 4 is 5.91 Å². The van der Waals surface area contributed by atoms with Crippen LogP contribution in [0.5, 0.6) is 0 Å². The van der Waals surface area contributed by atoms with Gasteiger partial charge in [-0.25, -0.2) is 0 Å². The number of alkyl halides is 3. The highest BCUT2D eigenvalue weighted by Crippen LogP contribution is 2.37. The Morgan fingerprint density at radius 3 is 2.37 bits per heavy atom. The minimum Gasteiger partial charge on any atom is -0.353 e. The SMILES string of the molecule is CC(CCCN)C(=O)NC1CCC(C(F)(F)F)CC1. The van der Waals surface area contributed by atoms with Gasteiger partial charge in [-0.2, -0.15) is 13.2 Å². The van der Waals surface area contributed by atoms with Crippen LogP contribution in [0.4, 0.5) is 13.2 Å². The average Bonchev–Trinajstić information content (AvgIpc) is 2.35. The first-order valence-corrected chi connectivity index (χ1v) is 6.91. The van der Waals surface area contributed by atoms with Crippen LogP contribution in [-0.4, -0.2) is 24.7 Å². The van der Waals surface area contributed by atoms with E-state index >= 15 is 0 Å². The molecule has 1 aliphatic carbocycles. The van der Waals surface area contributed by atoms with Crippen molar-refractivity contribution in [1.29, 1.82) is 0 Å². The maximum atomic E-state index is 12.5. The molecule has 3 N–H and O–H groups in total. The molecule has 1 amide bonds. The van der Waals surface area contributed by atoms with Gasteiger partial charge in [-0.05, 0) is 45.1 Å². The van der Waals surface area contributed by atoms with Crippen molar-refractivity contribution in [1.82, 2.24) is 5.32 Å². The van der Waals surface area contributed by atoms with E-state index in [4.69, 9.17) is 5.73 Å². The van der Waals surface area contributed by atoms with E-state index in [2.05, 4.69) is 5.32 Å². The Labute approximate surface area is 112 Å². The molecule has 0 heterocycles. The molecule has 0 radical (unpaired) electrons. The van der Waals surface area contributed by atoms with Crippen LogP contribution in [0.25, 0.3) is 0 Å². The van der Waals surface area contributed by atoms with Gasteiger partial charge in [-0.1, -0.05) is 6.92 Å². The second kappa shape index (κ2) is 7.12. The van der Waals surface area contributed by atoms with E-state index in [0.29, 0.717) is 19.4 Å². The van der Waals surface area contributed by atoms with Gasteiger partial charge >= 0.3 is 6.18 Å². The van der Waals surface area contributed by atoms with Crippen molar-refractivity contribution in [3.8, 4) is 0 Å². The highest BCUT2D eigenvalue weighted by Gasteiger charge is 2.41. The zero-order chi connectivity index (χ0) is 14.5. The van der Waals surface area contributed by atoms with Crippen LogP contribution < -0.4 is 11.1 Å². The molecule has 1 fully saturated rings. The van der Waals surface area contributed by atoms with Crippen molar-refractivity contribution in [2.45, 2.75) is 57.7 Å². The largest absolute Gasteiger partial charge is 0.391 e. The first-order chi connectivity index (χ1) is 8.84. The van der Waals surface area contributed by atoms with Gasteiger partial charge in [-0.15, -0.1) is 0 Å². The predicted octanol–water partition coefficient (Wildman–Crippen LogP) is 2.60. The lowest BCUT2D eigenvalue weighted by Crippen LogP contribution is -2.42. The third kappa shape index (κ3) is 5.38. The van der Waals surface area contributed by atoms with Crippen LogP contribution in [0.1, 0.15) is 45.4 Å². The number of hydrogen-bond donors (Lipinski definition) is 2. The van der Waals surface area contributed by atoms with Crippen LogP contribution in [0, 0.1) is 11.8 Å². The Hall–Kier alpha value is -0.780. The standard InChI is InChI=1S/C13H23F3N2O/c1-9(3-2-8-17)12(19)18-11-6-4-10(5-7-11)13(14,15)16/h9-11H,2-8,17H2,1H3,(H,18,19). The van der Waals surface area contributed by atoms with Crippen molar-refractivity contribution in [3.63, 3.8) is 0 Å². The fourth-order valence-corrected chi connectivity index (χ4v) is 2.46. The molecule has 0 aromatic rings. The molecule has 0 aliphatic heterocycles. The molecule has 0 spiro atoms. The Kier molecular flexibility index (Phi) is 6.10. The highest BCUT2D eigenvalue weighted by molar-refractivity contribution is 5.78. The molecule has 0 aromatic heterocycles. The molecule has 0 bridgehead atoms. The number of carbonyl (C=O) groups is 1. The predicted molar refractivity (Wildman–Crippen MR) is 67.4 cm³/mol. The fourth-order valence-electron chi connectivity index (χ4n) is 2.46. The maximum absolute atomic E-state index is 12.5. The third-order valence-electron chi connectivity index (χ3n) is 3.83. The molecule has 1 aliphatic rings. The van der Waals surface area contributed by atoms with E-state index in [1.54, 1.807) is 0 Å². The summed E-state index contributed by atoms with van der Waals surface area (Å²) in [7, 11) is 0. The molecular formula is C13H23F3N2O.